The molecule has 0 aliphatic heterocycles. The molecule has 0 saturated carbocycles. The quantitative estimate of drug-likeness (QED) is 0.805. The number of benzene rings is 1. The van der Waals surface area contributed by atoms with Crippen LogP contribution in [0.4, 0.5) is 0 Å². The van der Waals surface area contributed by atoms with Crippen LogP contribution in [0.3, 0.4) is 0 Å². The summed E-state index contributed by atoms with van der Waals surface area (Å²) in [4.78, 5) is 22.4. The number of carbonyl (C=O) groups is 2. The highest BCUT2D eigenvalue weighted by Gasteiger charge is 2.22. The Hall–Kier alpha value is -1.84. The van der Waals surface area contributed by atoms with Crippen molar-refractivity contribution in [2.75, 3.05) is 0 Å². The van der Waals surface area contributed by atoms with Crippen LogP contribution in [-0.2, 0) is 15.0 Å². The number of hydrogen-bond donors (Lipinski definition) is 2. The maximum Gasteiger partial charge on any atom is 0.305 e. The van der Waals surface area contributed by atoms with Crippen molar-refractivity contribution in [3.8, 4) is 0 Å². The van der Waals surface area contributed by atoms with Gasteiger partial charge in [0.15, 0.2) is 0 Å². The Morgan fingerprint density at radius 1 is 1.25 bits per heavy atom. The highest BCUT2D eigenvalue weighted by molar-refractivity contribution is 5.77. The van der Waals surface area contributed by atoms with Crippen molar-refractivity contribution in [3.63, 3.8) is 0 Å². The van der Waals surface area contributed by atoms with Gasteiger partial charge in [0.2, 0.25) is 5.91 Å². The van der Waals surface area contributed by atoms with E-state index in [1.807, 2.05) is 18.2 Å². The van der Waals surface area contributed by atoms with Crippen LogP contribution in [0.25, 0.3) is 0 Å². The summed E-state index contributed by atoms with van der Waals surface area (Å²) in [6.07, 6.45) is 1.07. The summed E-state index contributed by atoms with van der Waals surface area (Å²) in [6.45, 7) is 5.92. The lowest BCUT2D eigenvalue weighted by Crippen LogP contribution is -2.35. The van der Waals surface area contributed by atoms with Crippen molar-refractivity contribution in [1.29, 1.82) is 0 Å². The van der Waals surface area contributed by atoms with Gasteiger partial charge in [0, 0.05) is 12.5 Å². The molecule has 0 aliphatic carbocycles. The molecule has 2 N–H and O–H groups in total. The van der Waals surface area contributed by atoms with E-state index in [1.54, 1.807) is 6.92 Å². The minimum atomic E-state index is -0.901. The first-order valence-corrected chi connectivity index (χ1v) is 6.88. The second-order valence-electron chi connectivity index (χ2n) is 5.82. The number of carbonyl (C=O) groups excluding carboxylic acids is 1. The smallest absolute Gasteiger partial charge is 0.305 e. The van der Waals surface area contributed by atoms with Gasteiger partial charge in [0.25, 0.3) is 0 Å². The largest absolute Gasteiger partial charge is 0.481 e. The van der Waals surface area contributed by atoms with E-state index in [0.29, 0.717) is 6.42 Å². The molecule has 0 aromatic heterocycles. The third-order valence-electron chi connectivity index (χ3n) is 3.42. The number of rotatable bonds is 7. The van der Waals surface area contributed by atoms with E-state index in [-0.39, 0.29) is 23.8 Å². The summed E-state index contributed by atoms with van der Waals surface area (Å²) in [6, 6.07) is 9.74. The van der Waals surface area contributed by atoms with Crippen LogP contribution in [0.2, 0.25) is 0 Å². The van der Waals surface area contributed by atoms with Crippen LogP contribution in [0.5, 0.6) is 0 Å². The highest BCUT2D eigenvalue weighted by atomic mass is 16.4. The van der Waals surface area contributed by atoms with Gasteiger partial charge in [0.05, 0.1) is 6.42 Å². The SMILES string of the molecule is CC(CC(=O)O)NC(=O)CCC(C)(C)c1ccccc1. The van der Waals surface area contributed by atoms with Crippen LogP contribution in [0, 0.1) is 0 Å². The lowest BCUT2D eigenvalue weighted by molar-refractivity contribution is -0.137. The van der Waals surface area contributed by atoms with E-state index < -0.39 is 5.97 Å². The van der Waals surface area contributed by atoms with Crippen LogP contribution in [-0.4, -0.2) is 23.0 Å². The predicted octanol–water partition coefficient (Wildman–Crippen LogP) is 2.72. The molecular weight excluding hydrogens is 254 g/mol. The molecule has 0 fully saturated rings. The number of amides is 1. The van der Waals surface area contributed by atoms with Gasteiger partial charge >= 0.3 is 5.97 Å². The standard InChI is InChI=1S/C16H23NO3/c1-12(11-15(19)20)17-14(18)9-10-16(2,3)13-7-5-4-6-8-13/h4-8,12H,9-11H2,1-3H3,(H,17,18)(H,19,20). The van der Waals surface area contributed by atoms with Gasteiger partial charge in [0.1, 0.15) is 0 Å². The van der Waals surface area contributed by atoms with E-state index >= 15 is 0 Å². The fraction of sp³-hybridized carbons (Fsp3) is 0.500. The first-order valence-electron chi connectivity index (χ1n) is 6.88. The van der Waals surface area contributed by atoms with Gasteiger partial charge in [-0.25, -0.2) is 0 Å². The summed E-state index contributed by atoms with van der Waals surface area (Å²) < 4.78 is 0. The number of nitrogens with one attached hydrogen (secondary N) is 1. The van der Waals surface area contributed by atoms with Gasteiger partial charge in [-0.15, -0.1) is 0 Å². The van der Waals surface area contributed by atoms with Gasteiger partial charge in [-0.2, -0.15) is 0 Å². The lowest BCUT2D eigenvalue weighted by atomic mass is 9.80. The van der Waals surface area contributed by atoms with Crippen molar-refractivity contribution in [1.82, 2.24) is 5.32 Å². The normalized spacial score (nSPS) is 12.8. The fourth-order valence-electron chi connectivity index (χ4n) is 2.12. The third kappa shape index (κ3) is 5.43. The van der Waals surface area contributed by atoms with E-state index in [1.165, 1.54) is 5.56 Å². The Labute approximate surface area is 120 Å². The Kier molecular flexibility index (Phi) is 5.74. The summed E-state index contributed by atoms with van der Waals surface area (Å²) in [5.74, 6) is -0.995. The van der Waals surface area contributed by atoms with E-state index in [9.17, 15) is 9.59 Å². The minimum absolute atomic E-state index is 0.0478. The maximum atomic E-state index is 11.8. The fourth-order valence-corrected chi connectivity index (χ4v) is 2.12. The van der Waals surface area contributed by atoms with Crippen molar-refractivity contribution >= 4 is 11.9 Å². The summed E-state index contributed by atoms with van der Waals surface area (Å²) in [5, 5.41) is 11.4. The molecule has 1 unspecified atom stereocenters. The number of carboxylic acid groups (broad SMARTS) is 1. The minimum Gasteiger partial charge on any atom is -0.481 e. The Balaban J connectivity index is 2.46. The molecule has 0 radical (unpaired) electrons. The van der Waals surface area contributed by atoms with E-state index in [0.717, 1.165) is 6.42 Å². The molecule has 1 amide bonds. The molecule has 1 rings (SSSR count). The molecule has 0 bridgehead atoms. The zero-order valence-electron chi connectivity index (χ0n) is 12.3. The highest BCUT2D eigenvalue weighted by Crippen LogP contribution is 2.27. The summed E-state index contributed by atoms with van der Waals surface area (Å²) in [7, 11) is 0. The molecular formula is C16H23NO3. The van der Waals surface area contributed by atoms with Crippen LogP contribution in [0.15, 0.2) is 30.3 Å². The first kappa shape index (κ1) is 16.2. The van der Waals surface area contributed by atoms with Gasteiger partial charge in [-0.1, -0.05) is 44.2 Å². The zero-order valence-corrected chi connectivity index (χ0v) is 12.3. The zero-order chi connectivity index (χ0) is 15.2. The molecule has 0 heterocycles. The number of aliphatic carboxylic acids is 1. The average Bonchev–Trinajstić information content (AvgIpc) is 2.36. The topological polar surface area (TPSA) is 66.4 Å². The molecule has 1 atom stereocenters. The molecule has 1 aromatic rings. The second kappa shape index (κ2) is 7.08. The first-order chi connectivity index (χ1) is 9.31. The van der Waals surface area contributed by atoms with Gasteiger partial charge < -0.3 is 10.4 Å². The second-order valence-corrected chi connectivity index (χ2v) is 5.82. The van der Waals surface area contributed by atoms with Crippen molar-refractivity contribution in [3.05, 3.63) is 35.9 Å². The third-order valence-corrected chi connectivity index (χ3v) is 3.42. The molecule has 0 spiro atoms. The van der Waals surface area contributed by atoms with Crippen molar-refractivity contribution < 1.29 is 14.7 Å². The molecule has 110 valence electrons. The van der Waals surface area contributed by atoms with E-state index in [4.69, 9.17) is 5.11 Å². The number of hydrogen-bond acceptors (Lipinski definition) is 2. The maximum absolute atomic E-state index is 11.8. The Morgan fingerprint density at radius 2 is 1.85 bits per heavy atom. The molecule has 0 aliphatic rings. The summed E-state index contributed by atoms with van der Waals surface area (Å²) in [5.41, 5.74) is 1.13. The van der Waals surface area contributed by atoms with Gasteiger partial charge in [-0.3, -0.25) is 9.59 Å². The lowest BCUT2D eigenvalue weighted by Gasteiger charge is -2.25. The average molecular weight is 277 g/mol. The summed E-state index contributed by atoms with van der Waals surface area (Å²) >= 11 is 0. The van der Waals surface area contributed by atoms with Crippen molar-refractivity contribution in [2.24, 2.45) is 0 Å². The predicted molar refractivity (Wildman–Crippen MR) is 78.6 cm³/mol. The van der Waals surface area contributed by atoms with Crippen LogP contribution < -0.4 is 5.32 Å². The monoisotopic (exact) mass is 277 g/mol. The van der Waals surface area contributed by atoms with Crippen LogP contribution in [0.1, 0.15) is 45.6 Å². The van der Waals surface area contributed by atoms with Crippen LogP contribution >= 0.6 is 0 Å². The van der Waals surface area contributed by atoms with Gasteiger partial charge in [-0.05, 0) is 24.3 Å². The molecule has 20 heavy (non-hydrogen) atoms. The molecule has 0 saturated heterocycles. The molecule has 4 nitrogen and oxygen atoms in total. The molecule has 1 aromatic carbocycles. The number of carboxylic acids is 1. The van der Waals surface area contributed by atoms with E-state index in [2.05, 4.69) is 31.3 Å². The Morgan fingerprint density at radius 3 is 2.40 bits per heavy atom. The van der Waals surface area contributed by atoms with Crippen molar-refractivity contribution in [2.45, 2.75) is 51.5 Å². The Bertz CT molecular complexity index is 454. The molecule has 4 heteroatoms.